The van der Waals surface area contributed by atoms with Gasteiger partial charge in [-0.25, -0.2) is 9.50 Å². The van der Waals surface area contributed by atoms with E-state index in [2.05, 4.69) is 15.0 Å². The molecule has 0 saturated carbocycles. The Kier molecular flexibility index (Phi) is 6.21. The minimum Gasteiger partial charge on any atom is -0.494 e. The molecule has 0 atom stereocenters. The van der Waals surface area contributed by atoms with Crippen LogP contribution in [-0.2, 0) is 4.79 Å². The summed E-state index contributed by atoms with van der Waals surface area (Å²) in [6.45, 7) is 5.10. The highest BCUT2D eigenvalue weighted by Gasteiger charge is 2.30. The van der Waals surface area contributed by atoms with Crippen molar-refractivity contribution in [2.45, 2.75) is 19.3 Å². The molecule has 0 bridgehead atoms. The molecule has 9 heteroatoms. The predicted molar refractivity (Wildman–Crippen MR) is 123 cm³/mol. The first kappa shape index (κ1) is 21.4. The van der Waals surface area contributed by atoms with Crippen molar-refractivity contribution in [2.24, 2.45) is 0 Å². The highest BCUT2D eigenvalue weighted by atomic mass is 16.5. The molecule has 2 amide bonds. The predicted octanol–water partition coefficient (Wildman–Crippen LogP) is 2.08. The van der Waals surface area contributed by atoms with Crippen LogP contribution in [0.25, 0.3) is 5.65 Å². The van der Waals surface area contributed by atoms with Crippen molar-refractivity contribution in [1.29, 1.82) is 0 Å². The van der Waals surface area contributed by atoms with Gasteiger partial charge in [-0.05, 0) is 62.7 Å². The van der Waals surface area contributed by atoms with E-state index in [0.29, 0.717) is 30.9 Å². The van der Waals surface area contributed by atoms with Crippen LogP contribution in [0.3, 0.4) is 0 Å². The zero-order valence-corrected chi connectivity index (χ0v) is 18.6. The summed E-state index contributed by atoms with van der Waals surface area (Å²) in [5.41, 5.74) is 1.71. The molecule has 0 aliphatic carbocycles. The van der Waals surface area contributed by atoms with Gasteiger partial charge < -0.3 is 19.4 Å². The first-order chi connectivity index (χ1) is 16.2. The summed E-state index contributed by atoms with van der Waals surface area (Å²) in [7, 11) is 0. The molecule has 2 aliphatic heterocycles. The van der Waals surface area contributed by atoms with Crippen LogP contribution < -0.4 is 9.64 Å². The zero-order chi connectivity index (χ0) is 22.6. The number of carbonyl (C=O) groups excluding carboxylic acids is 2. The molecule has 2 saturated heterocycles. The van der Waals surface area contributed by atoms with E-state index < -0.39 is 0 Å². The highest BCUT2D eigenvalue weighted by Crippen LogP contribution is 2.22. The van der Waals surface area contributed by atoms with Gasteiger partial charge in [-0.1, -0.05) is 0 Å². The van der Waals surface area contributed by atoms with E-state index >= 15 is 0 Å². The molecule has 4 heterocycles. The number of rotatable bonds is 7. The van der Waals surface area contributed by atoms with Crippen molar-refractivity contribution in [3.63, 3.8) is 0 Å². The maximum atomic E-state index is 13.0. The molecule has 2 fully saturated rings. The molecule has 5 rings (SSSR count). The van der Waals surface area contributed by atoms with Gasteiger partial charge in [0.15, 0.2) is 5.65 Å². The number of amides is 2. The lowest BCUT2D eigenvalue weighted by molar-refractivity contribution is -0.120. The molecule has 0 unspecified atom stereocenters. The Balaban J connectivity index is 1.14. The minimum absolute atomic E-state index is 0.0256. The van der Waals surface area contributed by atoms with E-state index in [1.807, 2.05) is 24.3 Å². The van der Waals surface area contributed by atoms with Gasteiger partial charge >= 0.3 is 0 Å². The Labute approximate surface area is 192 Å². The Morgan fingerprint density at radius 1 is 1.06 bits per heavy atom. The van der Waals surface area contributed by atoms with Crippen LogP contribution in [0.1, 0.15) is 29.6 Å². The van der Waals surface area contributed by atoms with Crippen molar-refractivity contribution in [2.75, 3.05) is 50.8 Å². The molecule has 2 aromatic heterocycles. The number of nitrogens with zero attached hydrogens (tertiary/aromatic N) is 6. The Morgan fingerprint density at radius 2 is 1.88 bits per heavy atom. The second-order valence-corrected chi connectivity index (χ2v) is 8.46. The fourth-order valence-electron chi connectivity index (χ4n) is 4.47. The van der Waals surface area contributed by atoms with Crippen LogP contribution in [0, 0.1) is 0 Å². The number of hydrogen-bond acceptors (Lipinski definition) is 6. The molecule has 0 radical (unpaired) electrons. The number of carbonyl (C=O) groups is 2. The van der Waals surface area contributed by atoms with E-state index in [4.69, 9.17) is 4.74 Å². The van der Waals surface area contributed by atoms with Crippen LogP contribution in [-0.4, -0.2) is 82.1 Å². The Hall–Kier alpha value is -3.46. The molecule has 3 aromatic rings. The van der Waals surface area contributed by atoms with Crippen LogP contribution in [0.15, 0.2) is 48.9 Å². The summed E-state index contributed by atoms with van der Waals surface area (Å²) < 4.78 is 7.42. The lowest BCUT2D eigenvalue weighted by atomic mass is 10.2. The van der Waals surface area contributed by atoms with E-state index in [1.54, 1.807) is 32.8 Å². The van der Waals surface area contributed by atoms with Gasteiger partial charge in [0.1, 0.15) is 17.9 Å². The minimum atomic E-state index is -0.227. The van der Waals surface area contributed by atoms with E-state index in [0.717, 1.165) is 24.4 Å². The third-order valence-corrected chi connectivity index (χ3v) is 6.25. The van der Waals surface area contributed by atoms with Crippen molar-refractivity contribution in [3.8, 4) is 5.75 Å². The third-order valence-electron chi connectivity index (χ3n) is 6.25. The van der Waals surface area contributed by atoms with Gasteiger partial charge in [0.2, 0.25) is 5.91 Å². The molecular formula is C24H28N6O3. The van der Waals surface area contributed by atoms with Crippen LogP contribution >= 0.6 is 0 Å². The van der Waals surface area contributed by atoms with Crippen molar-refractivity contribution < 1.29 is 14.3 Å². The molecular weight excluding hydrogens is 420 g/mol. The van der Waals surface area contributed by atoms with Gasteiger partial charge in [-0.2, -0.15) is 5.10 Å². The Bertz CT molecular complexity index is 1120. The van der Waals surface area contributed by atoms with Gasteiger partial charge in [-0.15, -0.1) is 0 Å². The number of hydrogen-bond donors (Lipinski definition) is 0. The maximum absolute atomic E-state index is 13.0. The van der Waals surface area contributed by atoms with Crippen molar-refractivity contribution in [1.82, 2.24) is 24.4 Å². The van der Waals surface area contributed by atoms with Gasteiger partial charge in [-0.3, -0.25) is 9.59 Å². The summed E-state index contributed by atoms with van der Waals surface area (Å²) in [4.78, 5) is 35.8. The van der Waals surface area contributed by atoms with Gasteiger partial charge in [0.25, 0.3) is 5.91 Å². The largest absolute Gasteiger partial charge is 0.494 e. The number of anilines is 1. The number of benzene rings is 1. The highest BCUT2D eigenvalue weighted by molar-refractivity contribution is 6.04. The topological polar surface area (TPSA) is 83.3 Å². The van der Waals surface area contributed by atoms with Crippen LogP contribution in [0.2, 0.25) is 0 Å². The molecule has 0 N–H and O–H groups in total. The summed E-state index contributed by atoms with van der Waals surface area (Å²) in [6, 6.07) is 9.36. The number of fused-ring (bicyclic) bond motifs is 1. The normalized spacial score (nSPS) is 17.2. The maximum Gasteiger partial charge on any atom is 0.259 e. The molecule has 9 nitrogen and oxygen atoms in total. The lowest BCUT2D eigenvalue weighted by Gasteiger charge is -2.34. The second-order valence-electron chi connectivity index (χ2n) is 8.46. The number of ether oxygens (including phenoxy) is 1. The standard InChI is InChI=1S/C24H28N6O3/c31-22-18-28(24(32)21-17-26-30-13-3-9-25-23(21)30)14-15-29(22)19-5-7-20(8-6-19)33-16-4-12-27-10-1-2-11-27/h3,5-9,13,17H,1-2,4,10-12,14-16,18H2. The summed E-state index contributed by atoms with van der Waals surface area (Å²) in [5, 5.41) is 4.17. The average Bonchev–Trinajstić information content (AvgIpc) is 3.52. The quantitative estimate of drug-likeness (QED) is 0.515. The van der Waals surface area contributed by atoms with Gasteiger partial charge in [0.05, 0.1) is 12.8 Å². The summed E-state index contributed by atoms with van der Waals surface area (Å²) in [5.74, 6) is 0.467. The van der Waals surface area contributed by atoms with E-state index in [1.165, 1.54) is 32.1 Å². The Morgan fingerprint density at radius 3 is 2.67 bits per heavy atom. The second kappa shape index (κ2) is 9.58. The van der Waals surface area contributed by atoms with E-state index in [9.17, 15) is 9.59 Å². The van der Waals surface area contributed by atoms with E-state index in [-0.39, 0.29) is 18.4 Å². The lowest BCUT2D eigenvalue weighted by Crippen LogP contribution is -2.52. The average molecular weight is 449 g/mol. The monoisotopic (exact) mass is 448 g/mol. The molecule has 1 aromatic carbocycles. The molecule has 2 aliphatic rings. The van der Waals surface area contributed by atoms with Crippen LogP contribution in [0.5, 0.6) is 5.75 Å². The summed E-state index contributed by atoms with van der Waals surface area (Å²) in [6.07, 6.45) is 8.49. The zero-order valence-electron chi connectivity index (χ0n) is 18.6. The first-order valence-electron chi connectivity index (χ1n) is 11.5. The molecule has 172 valence electrons. The molecule has 33 heavy (non-hydrogen) atoms. The fraction of sp³-hybridized carbons (Fsp3) is 0.417. The van der Waals surface area contributed by atoms with Crippen molar-refractivity contribution in [3.05, 3.63) is 54.5 Å². The SMILES string of the molecule is O=C(c1cnn2cccnc12)N1CCN(c2ccc(OCCCN3CCCC3)cc2)C(=O)C1. The first-order valence-corrected chi connectivity index (χ1v) is 11.5. The van der Waals surface area contributed by atoms with Gasteiger partial charge in [0, 0.05) is 37.7 Å². The number of likely N-dealkylation sites (tertiary alicyclic amines) is 1. The number of aromatic nitrogens is 3. The fourth-order valence-corrected chi connectivity index (χ4v) is 4.47. The summed E-state index contributed by atoms with van der Waals surface area (Å²) >= 11 is 0. The number of piperazine rings is 1. The molecule has 0 spiro atoms. The smallest absolute Gasteiger partial charge is 0.259 e. The third kappa shape index (κ3) is 4.68. The van der Waals surface area contributed by atoms with Crippen molar-refractivity contribution >= 4 is 23.1 Å². The van der Waals surface area contributed by atoms with Crippen LogP contribution in [0.4, 0.5) is 5.69 Å².